The minimum atomic E-state index is -0.0861. The maximum absolute atomic E-state index is 12.4. The second-order valence-corrected chi connectivity index (χ2v) is 7.66. The number of piperazine rings is 1. The lowest BCUT2D eigenvalue weighted by molar-refractivity contribution is 0.0940. The van der Waals surface area contributed by atoms with Gasteiger partial charge in [0.15, 0.2) is 0 Å². The maximum atomic E-state index is 12.4. The Balaban J connectivity index is 0.00000208. The molecule has 1 aromatic rings. The van der Waals surface area contributed by atoms with Crippen molar-refractivity contribution in [1.29, 1.82) is 0 Å². The Morgan fingerprint density at radius 2 is 2.00 bits per heavy atom. The number of hydrogen-bond donors (Lipinski definition) is 2. The zero-order chi connectivity index (χ0) is 16.4. The summed E-state index contributed by atoms with van der Waals surface area (Å²) in [5, 5.41) is 10.9. The second kappa shape index (κ2) is 7.85. The third kappa shape index (κ3) is 4.71. The Labute approximate surface area is 150 Å². The van der Waals surface area contributed by atoms with Gasteiger partial charge in [0.1, 0.15) is 5.69 Å². The van der Waals surface area contributed by atoms with Crippen molar-refractivity contribution < 1.29 is 4.79 Å². The smallest absolute Gasteiger partial charge is 0.271 e. The first kappa shape index (κ1) is 19.2. The number of rotatable bonds is 5. The van der Waals surface area contributed by atoms with E-state index in [1.165, 1.54) is 18.5 Å². The molecular weight excluding hydrogens is 326 g/mol. The molecule has 0 spiro atoms. The van der Waals surface area contributed by atoms with Crippen LogP contribution in [0.15, 0.2) is 6.07 Å². The van der Waals surface area contributed by atoms with Gasteiger partial charge in [0.25, 0.3) is 5.91 Å². The van der Waals surface area contributed by atoms with Gasteiger partial charge in [-0.05, 0) is 39.7 Å². The highest BCUT2D eigenvalue weighted by Gasteiger charge is 2.32. The van der Waals surface area contributed by atoms with Crippen molar-refractivity contribution in [3.05, 3.63) is 17.5 Å². The van der Waals surface area contributed by atoms with Gasteiger partial charge in [0.05, 0.1) is 5.54 Å². The van der Waals surface area contributed by atoms with E-state index in [-0.39, 0.29) is 23.9 Å². The van der Waals surface area contributed by atoms with Crippen LogP contribution in [0.25, 0.3) is 0 Å². The maximum Gasteiger partial charge on any atom is 0.271 e. The third-order valence-electron chi connectivity index (χ3n) is 4.52. The Morgan fingerprint density at radius 1 is 1.33 bits per heavy atom. The van der Waals surface area contributed by atoms with Gasteiger partial charge in [-0.3, -0.25) is 14.4 Å². The highest BCUT2D eigenvalue weighted by molar-refractivity contribution is 5.92. The minimum absolute atomic E-state index is 0. The molecule has 2 heterocycles. The summed E-state index contributed by atoms with van der Waals surface area (Å²) in [6, 6.07) is 1.99. The molecule has 2 aliphatic rings. The summed E-state index contributed by atoms with van der Waals surface area (Å²) in [6.45, 7) is 12.2. The van der Waals surface area contributed by atoms with Crippen molar-refractivity contribution in [2.45, 2.75) is 45.1 Å². The SMILES string of the molecule is CC(C)(C)n1nc(C(=O)NCCN2CCNCC2)cc1C1CC1.Cl. The van der Waals surface area contributed by atoms with Gasteiger partial charge >= 0.3 is 0 Å². The Morgan fingerprint density at radius 3 is 2.58 bits per heavy atom. The number of amides is 1. The number of nitrogens with one attached hydrogen (secondary N) is 2. The predicted molar refractivity (Wildman–Crippen MR) is 98.1 cm³/mol. The molecule has 0 bridgehead atoms. The molecule has 0 radical (unpaired) electrons. The topological polar surface area (TPSA) is 62.2 Å². The fourth-order valence-electron chi connectivity index (χ4n) is 3.07. The van der Waals surface area contributed by atoms with E-state index in [4.69, 9.17) is 0 Å². The van der Waals surface area contributed by atoms with Crippen LogP contribution in [0.3, 0.4) is 0 Å². The fourth-order valence-corrected chi connectivity index (χ4v) is 3.07. The van der Waals surface area contributed by atoms with Gasteiger partial charge in [-0.15, -0.1) is 12.4 Å². The van der Waals surface area contributed by atoms with Crippen molar-refractivity contribution >= 4 is 18.3 Å². The van der Waals surface area contributed by atoms with Gasteiger partial charge in [-0.2, -0.15) is 5.10 Å². The molecule has 1 saturated carbocycles. The lowest BCUT2D eigenvalue weighted by Crippen LogP contribution is -2.46. The average Bonchev–Trinajstić information content (AvgIpc) is 3.25. The summed E-state index contributed by atoms with van der Waals surface area (Å²) in [6.07, 6.45) is 2.43. The number of carbonyl (C=O) groups excluding carboxylic acids is 1. The van der Waals surface area contributed by atoms with Gasteiger partial charge < -0.3 is 10.6 Å². The Hall–Kier alpha value is -1.11. The molecule has 2 fully saturated rings. The summed E-state index contributed by atoms with van der Waals surface area (Å²) < 4.78 is 2.04. The van der Waals surface area contributed by atoms with E-state index in [2.05, 4.69) is 41.4 Å². The van der Waals surface area contributed by atoms with E-state index in [0.29, 0.717) is 18.2 Å². The van der Waals surface area contributed by atoms with E-state index in [1.807, 2.05) is 10.7 Å². The highest BCUT2D eigenvalue weighted by atomic mass is 35.5. The van der Waals surface area contributed by atoms with E-state index < -0.39 is 0 Å². The fraction of sp³-hybridized carbons (Fsp3) is 0.765. The molecule has 1 aliphatic carbocycles. The predicted octanol–water partition coefficient (Wildman–Crippen LogP) is 1.57. The lowest BCUT2D eigenvalue weighted by Gasteiger charge is -2.26. The van der Waals surface area contributed by atoms with Gasteiger partial charge in [0.2, 0.25) is 0 Å². The monoisotopic (exact) mass is 355 g/mol. The van der Waals surface area contributed by atoms with Crippen LogP contribution in [-0.4, -0.2) is 59.9 Å². The number of aromatic nitrogens is 2. The quantitative estimate of drug-likeness (QED) is 0.841. The van der Waals surface area contributed by atoms with Crippen molar-refractivity contribution in [3.8, 4) is 0 Å². The van der Waals surface area contributed by atoms with E-state index in [0.717, 1.165) is 32.7 Å². The molecule has 7 heteroatoms. The summed E-state index contributed by atoms with van der Waals surface area (Å²) in [4.78, 5) is 14.8. The standard InChI is InChI=1S/C17H29N5O.ClH/c1-17(2,3)22-15(13-4-5-13)12-14(20-22)16(23)19-8-11-21-9-6-18-7-10-21;/h12-13,18H,4-11H2,1-3H3,(H,19,23);1H. The van der Waals surface area contributed by atoms with Crippen LogP contribution in [0, 0.1) is 0 Å². The molecule has 3 rings (SSSR count). The summed E-state index contributed by atoms with van der Waals surface area (Å²) in [5.41, 5.74) is 1.68. The molecule has 1 saturated heterocycles. The minimum Gasteiger partial charge on any atom is -0.349 e. The normalized spacial score (nSPS) is 19.0. The van der Waals surface area contributed by atoms with Crippen molar-refractivity contribution in [3.63, 3.8) is 0 Å². The first-order valence-corrected chi connectivity index (χ1v) is 8.77. The zero-order valence-corrected chi connectivity index (χ0v) is 15.8. The van der Waals surface area contributed by atoms with Crippen LogP contribution in [0.5, 0.6) is 0 Å². The molecule has 1 amide bonds. The van der Waals surface area contributed by atoms with E-state index >= 15 is 0 Å². The summed E-state index contributed by atoms with van der Waals surface area (Å²) in [5.74, 6) is 0.536. The number of hydrogen-bond acceptors (Lipinski definition) is 4. The summed E-state index contributed by atoms with van der Waals surface area (Å²) in [7, 11) is 0. The van der Waals surface area contributed by atoms with Crippen LogP contribution in [0.4, 0.5) is 0 Å². The molecule has 136 valence electrons. The molecule has 2 N–H and O–H groups in total. The average molecular weight is 356 g/mol. The lowest BCUT2D eigenvalue weighted by atomic mass is 10.1. The Bertz CT molecular complexity index is 556. The molecular formula is C17H30ClN5O. The van der Waals surface area contributed by atoms with Crippen molar-refractivity contribution in [1.82, 2.24) is 25.3 Å². The van der Waals surface area contributed by atoms with Crippen LogP contribution < -0.4 is 10.6 Å². The molecule has 0 unspecified atom stereocenters. The Kier molecular flexibility index (Phi) is 6.28. The van der Waals surface area contributed by atoms with Gasteiger partial charge in [-0.25, -0.2) is 0 Å². The van der Waals surface area contributed by atoms with Crippen LogP contribution >= 0.6 is 12.4 Å². The van der Waals surface area contributed by atoms with E-state index in [1.54, 1.807) is 0 Å². The van der Waals surface area contributed by atoms with Crippen molar-refractivity contribution in [2.24, 2.45) is 0 Å². The number of nitrogens with zero attached hydrogens (tertiary/aromatic N) is 3. The molecule has 0 aromatic carbocycles. The highest BCUT2D eigenvalue weighted by Crippen LogP contribution is 2.41. The van der Waals surface area contributed by atoms with Crippen LogP contribution in [-0.2, 0) is 5.54 Å². The molecule has 1 aromatic heterocycles. The van der Waals surface area contributed by atoms with E-state index in [9.17, 15) is 4.79 Å². The molecule has 24 heavy (non-hydrogen) atoms. The van der Waals surface area contributed by atoms with Crippen molar-refractivity contribution in [2.75, 3.05) is 39.3 Å². The van der Waals surface area contributed by atoms with Crippen LogP contribution in [0.2, 0.25) is 0 Å². The van der Waals surface area contributed by atoms with Gasteiger partial charge in [0, 0.05) is 50.9 Å². The zero-order valence-electron chi connectivity index (χ0n) is 15.0. The third-order valence-corrected chi connectivity index (χ3v) is 4.52. The summed E-state index contributed by atoms with van der Waals surface area (Å²) >= 11 is 0. The molecule has 6 nitrogen and oxygen atoms in total. The first-order chi connectivity index (χ1) is 10.9. The second-order valence-electron chi connectivity index (χ2n) is 7.66. The molecule has 0 atom stereocenters. The largest absolute Gasteiger partial charge is 0.349 e. The van der Waals surface area contributed by atoms with Gasteiger partial charge in [-0.1, -0.05) is 0 Å². The number of carbonyl (C=O) groups is 1. The number of halogens is 1. The molecule has 1 aliphatic heterocycles. The first-order valence-electron chi connectivity index (χ1n) is 8.77. The van der Waals surface area contributed by atoms with Crippen LogP contribution in [0.1, 0.15) is 55.7 Å².